The number of ether oxygens (including phenoxy) is 1. The number of hydrogen-bond donors (Lipinski definition) is 2. The van der Waals surface area contributed by atoms with Crippen LogP contribution in [0, 0.1) is 11.8 Å². The van der Waals surface area contributed by atoms with E-state index < -0.39 is 0 Å². The number of rotatable bonds is 7. The van der Waals surface area contributed by atoms with Crippen LogP contribution in [0.15, 0.2) is 0 Å². The average molecular weight is 283 g/mol. The fraction of sp³-hybridized carbons (Fsp3) is 1.00. The fourth-order valence-corrected chi connectivity index (χ4v) is 4.37. The molecular formula is C17H33NO2. The van der Waals surface area contributed by atoms with Crippen LogP contribution in [-0.2, 0) is 4.74 Å². The van der Waals surface area contributed by atoms with Gasteiger partial charge < -0.3 is 15.2 Å². The summed E-state index contributed by atoms with van der Waals surface area (Å²) in [6.07, 6.45) is 13.5. The van der Waals surface area contributed by atoms with Gasteiger partial charge in [-0.1, -0.05) is 44.9 Å². The first kappa shape index (κ1) is 16.3. The lowest BCUT2D eigenvalue weighted by Gasteiger charge is -2.41. The summed E-state index contributed by atoms with van der Waals surface area (Å²) in [5.41, 5.74) is 0. The number of aliphatic hydroxyl groups is 1. The van der Waals surface area contributed by atoms with Gasteiger partial charge in [0.25, 0.3) is 0 Å². The maximum Gasteiger partial charge on any atom is 0.0616 e. The molecule has 2 fully saturated rings. The van der Waals surface area contributed by atoms with Crippen molar-refractivity contribution in [3.63, 3.8) is 0 Å². The molecular weight excluding hydrogens is 250 g/mol. The molecule has 118 valence electrons. The van der Waals surface area contributed by atoms with E-state index in [2.05, 4.69) is 5.32 Å². The molecule has 0 aromatic carbocycles. The molecule has 0 radical (unpaired) electrons. The highest BCUT2D eigenvalue weighted by Crippen LogP contribution is 2.38. The lowest BCUT2D eigenvalue weighted by atomic mass is 9.71. The van der Waals surface area contributed by atoms with Crippen LogP contribution < -0.4 is 5.32 Å². The molecule has 0 aliphatic heterocycles. The summed E-state index contributed by atoms with van der Waals surface area (Å²) < 4.78 is 5.31. The standard InChI is InChI=1S/C17H33NO2/c1-20-13-15(11-12-19)18-17-10-6-5-9-16(17)14-7-3-2-4-8-14/h14-19H,2-13H2,1H3. The third-order valence-electron chi connectivity index (χ3n) is 5.37. The molecule has 20 heavy (non-hydrogen) atoms. The van der Waals surface area contributed by atoms with Crippen LogP contribution >= 0.6 is 0 Å². The third kappa shape index (κ3) is 4.71. The third-order valence-corrected chi connectivity index (χ3v) is 5.37. The number of aliphatic hydroxyl groups excluding tert-OH is 1. The summed E-state index contributed by atoms with van der Waals surface area (Å²) in [6, 6.07) is 0.970. The van der Waals surface area contributed by atoms with E-state index in [-0.39, 0.29) is 6.61 Å². The van der Waals surface area contributed by atoms with Crippen molar-refractivity contribution in [2.75, 3.05) is 20.3 Å². The van der Waals surface area contributed by atoms with Gasteiger partial charge in [0.05, 0.1) is 6.61 Å². The van der Waals surface area contributed by atoms with Crippen molar-refractivity contribution < 1.29 is 9.84 Å². The first-order valence-electron chi connectivity index (χ1n) is 8.71. The van der Waals surface area contributed by atoms with Crippen LogP contribution in [0.3, 0.4) is 0 Å². The highest BCUT2D eigenvalue weighted by Gasteiger charge is 2.33. The number of hydrogen-bond acceptors (Lipinski definition) is 3. The molecule has 2 aliphatic carbocycles. The highest BCUT2D eigenvalue weighted by molar-refractivity contribution is 4.88. The molecule has 0 aromatic rings. The summed E-state index contributed by atoms with van der Waals surface area (Å²) in [5, 5.41) is 13.0. The zero-order valence-electron chi connectivity index (χ0n) is 13.2. The minimum Gasteiger partial charge on any atom is -0.396 e. The molecule has 0 spiro atoms. The van der Waals surface area contributed by atoms with Gasteiger partial charge in [-0.15, -0.1) is 0 Å². The van der Waals surface area contributed by atoms with Crippen molar-refractivity contribution in [1.82, 2.24) is 5.32 Å². The maximum atomic E-state index is 9.21. The van der Waals surface area contributed by atoms with Crippen molar-refractivity contribution in [3.8, 4) is 0 Å². The lowest BCUT2D eigenvalue weighted by molar-refractivity contribution is 0.103. The van der Waals surface area contributed by atoms with Crippen LogP contribution in [0.5, 0.6) is 0 Å². The zero-order valence-corrected chi connectivity index (χ0v) is 13.2. The Morgan fingerprint density at radius 2 is 1.75 bits per heavy atom. The number of methoxy groups -OCH3 is 1. The van der Waals surface area contributed by atoms with Crippen molar-refractivity contribution in [3.05, 3.63) is 0 Å². The molecule has 2 aliphatic rings. The van der Waals surface area contributed by atoms with E-state index in [0.29, 0.717) is 18.7 Å². The molecule has 2 N–H and O–H groups in total. The van der Waals surface area contributed by atoms with E-state index in [0.717, 1.165) is 18.3 Å². The van der Waals surface area contributed by atoms with E-state index in [1.807, 2.05) is 0 Å². The molecule has 2 rings (SSSR count). The second-order valence-electron chi connectivity index (χ2n) is 6.78. The Hall–Kier alpha value is -0.120. The SMILES string of the molecule is COCC(CCO)NC1CCCCC1C1CCCCC1. The quantitative estimate of drug-likeness (QED) is 0.754. The molecule has 3 unspecified atom stereocenters. The van der Waals surface area contributed by atoms with Gasteiger partial charge in [0, 0.05) is 25.8 Å². The summed E-state index contributed by atoms with van der Waals surface area (Å²) in [4.78, 5) is 0. The molecule has 3 atom stereocenters. The molecule has 2 saturated carbocycles. The van der Waals surface area contributed by atoms with E-state index >= 15 is 0 Å². The topological polar surface area (TPSA) is 41.5 Å². The van der Waals surface area contributed by atoms with Crippen LogP contribution in [-0.4, -0.2) is 37.5 Å². The summed E-state index contributed by atoms with van der Waals surface area (Å²) >= 11 is 0. The zero-order chi connectivity index (χ0) is 14.2. The Bertz CT molecular complexity index is 247. The second-order valence-corrected chi connectivity index (χ2v) is 6.78. The van der Waals surface area contributed by atoms with Crippen molar-refractivity contribution >= 4 is 0 Å². The molecule has 3 heteroatoms. The van der Waals surface area contributed by atoms with Crippen LogP contribution in [0.4, 0.5) is 0 Å². The first-order valence-corrected chi connectivity index (χ1v) is 8.71. The molecule has 0 amide bonds. The summed E-state index contributed by atoms with van der Waals surface area (Å²) in [7, 11) is 1.76. The normalized spacial score (nSPS) is 30.3. The smallest absolute Gasteiger partial charge is 0.0616 e. The average Bonchev–Trinajstić information content (AvgIpc) is 2.49. The van der Waals surface area contributed by atoms with Gasteiger partial charge in [0.15, 0.2) is 0 Å². The Balaban J connectivity index is 1.90. The molecule has 0 aromatic heterocycles. The molecule has 0 bridgehead atoms. The van der Waals surface area contributed by atoms with Crippen molar-refractivity contribution in [2.45, 2.75) is 76.3 Å². The Kier molecular flexibility index (Phi) is 7.32. The Morgan fingerprint density at radius 1 is 1.05 bits per heavy atom. The van der Waals surface area contributed by atoms with Crippen LogP contribution in [0.1, 0.15) is 64.2 Å². The van der Waals surface area contributed by atoms with Crippen molar-refractivity contribution in [2.24, 2.45) is 11.8 Å². The summed E-state index contributed by atoms with van der Waals surface area (Å²) in [6.45, 7) is 0.969. The van der Waals surface area contributed by atoms with Gasteiger partial charge in [0.2, 0.25) is 0 Å². The van der Waals surface area contributed by atoms with Gasteiger partial charge in [0.1, 0.15) is 0 Å². The minimum absolute atomic E-state index is 0.252. The van der Waals surface area contributed by atoms with E-state index in [1.54, 1.807) is 7.11 Å². The fourth-order valence-electron chi connectivity index (χ4n) is 4.37. The molecule has 0 saturated heterocycles. The Labute approximate surface area is 124 Å². The largest absolute Gasteiger partial charge is 0.396 e. The Morgan fingerprint density at radius 3 is 2.45 bits per heavy atom. The van der Waals surface area contributed by atoms with E-state index in [9.17, 15) is 5.11 Å². The van der Waals surface area contributed by atoms with Gasteiger partial charge in [-0.05, 0) is 31.1 Å². The predicted molar refractivity (Wildman–Crippen MR) is 82.8 cm³/mol. The highest BCUT2D eigenvalue weighted by atomic mass is 16.5. The van der Waals surface area contributed by atoms with E-state index in [4.69, 9.17) is 4.74 Å². The predicted octanol–water partition coefficient (Wildman–Crippen LogP) is 3.11. The minimum atomic E-state index is 0.252. The lowest BCUT2D eigenvalue weighted by Crippen LogP contribution is -2.48. The number of nitrogens with one attached hydrogen (secondary N) is 1. The van der Waals surface area contributed by atoms with Crippen LogP contribution in [0.25, 0.3) is 0 Å². The van der Waals surface area contributed by atoms with Gasteiger partial charge >= 0.3 is 0 Å². The first-order chi connectivity index (χ1) is 9.85. The van der Waals surface area contributed by atoms with E-state index in [1.165, 1.54) is 57.8 Å². The van der Waals surface area contributed by atoms with Crippen LogP contribution in [0.2, 0.25) is 0 Å². The molecule has 3 nitrogen and oxygen atoms in total. The summed E-state index contributed by atoms with van der Waals surface area (Å²) in [5.74, 6) is 1.81. The van der Waals surface area contributed by atoms with Crippen molar-refractivity contribution in [1.29, 1.82) is 0 Å². The maximum absolute atomic E-state index is 9.21. The van der Waals surface area contributed by atoms with Gasteiger partial charge in [-0.2, -0.15) is 0 Å². The monoisotopic (exact) mass is 283 g/mol. The molecule has 0 heterocycles. The van der Waals surface area contributed by atoms with Gasteiger partial charge in [-0.3, -0.25) is 0 Å². The van der Waals surface area contributed by atoms with Gasteiger partial charge in [-0.25, -0.2) is 0 Å². The second kappa shape index (κ2) is 9.01.